The molecular formula is C21H24FNO4S. The fraction of sp³-hybridized carbons (Fsp3) is 0.381. The van der Waals surface area contributed by atoms with E-state index in [0.29, 0.717) is 44.2 Å². The van der Waals surface area contributed by atoms with Crippen LogP contribution in [0.1, 0.15) is 36.8 Å². The highest BCUT2D eigenvalue weighted by molar-refractivity contribution is 7.89. The number of carbonyl (C=O) groups is 1. The van der Waals surface area contributed by atoms with Gasteiger partial charge in [-0.1, -0.05) is 30.3 Å². The van der Waals surface area contributed by atoms with Crippen LogP contribution < -0.4 is 4.72 Å². The van der Waals surface area contributed by atoms with E-state index in [9.17, 15) is 17.6 Å². The van der Waals surface area contributed by atoms with Gasteiger partial charge in [0.05, 0.1) is 10.8 Å². The van der Waals surface area contributed by atoms with E-state index in [-0.39, 0.29) is 22.5 Å². The molecular weight excluding hydrogens is 381 g/mol. The second kappa shape index (κ2) is 8.84. The lowest BCUT2D eigenvalue weighted by molar-refractivity contribution is -0.143. The van der Waals surface area contributed by atoms with E-state index in [2.05, 4.69) is 4.72 Å². The van der Waals surface area contributed by atoms with E-state index in [1.54, 1.807) is 36.4 Å². The fourth-order valence-corrected chi connectivity index (χ4v) is 5.01. The normalized spacial score (nSPS) is 20.0. The summed E-state index contributed by atoms with van der Waals surface area (Å²) in [5.74, 6) is -1.27. The van der Waals surface area contributed by atoms with E-state index in [1.807, 2.05) is 0 Å². The first-order valence-corrected chi connectivity index (χ1v) is 10.9. The molecule has 1 aliphatic carbocycles. The van der Waals surface area contributed by atoms with E-state index < -0.39 is 16.0 Å². The maximum atomic E-state index is 13.1. The van der Waals surface area contributed by atoms with Crippen LogP contribution in [0.4, 0.5) is 4.39 Å². The predicted octanol–water partition coefficient (Wildman–Crippen LogP) is 3.59. The van der Waals surface area contributed by atoms with Crippen molar-refractivity contribution < 1.29 is 22.7 Å². The minimum atomic E-state index is -3.69. The second-order valence-corrected chi connectivity index (χ2v) is 9.05. The molecule has 0 aromatic heterocycles. The van der Waals surface area contributed by atoms with Crippen molar-refractivity contribution in [1.82, 2.24) is 4.72 Å². The molecule has 28 heavy (non-hydrogen) atoms. The Bertz CT molecular complexity index is 920. The predicted molar refractivity (Wildman–Crippen MR) is 104 cm³/mol. The molecule has 0 unspecified atom stereocenters. The highest BCUT2D eigenvalue weighted by atomic mass is 32.2. The number of halogens is 1. The first-order chi connectivity index (χ1) is 13.3. The Hall–Kier alpha value is -2.25. The standard InChI is InChI=1S/C21H24FNO4S/c22-19-11-7-15(8-12-19)13-18-3-1-2-4-20(18)28(26,27)23-14-16-5-9-17(10-6-16)21(24)25/h1-4,7-8,11-12,16-17,23H,5-6,9-10,13-14H2,(H,24,25). The molecule has 1 saturated carbocycles. The number of carboxylic acids is 1. The molecule has 0 aliphatic heterocycles. The molecule has 1 fully saturated rings. The van der Waals surface area contributed by atoms with Gasteiger partial charge in [-0.3, -0.25) is 4.79 Å². The Morgan fingerprint density at radius 1 is 1.04 bits per heavy atom. The van der Waals surface area contributed by atoms with Gasteiger partial charge >= 0.3 is 5.97 Å². The molecule has 0 atom stereocenters. The zero-order valence-electron chi connectivity index (χ0n) is 15.5. The van der Waals surface area contributed by atoms with E-state index in [0.717, 1.165) is 5.56 Å². The Balaban J connectivity index is 1.67. The summed E-state index contributed by atoms with van der Waals surface area (Å²) in [6, 6.07) is 12.8. The summed E-state index contributed by atoms with van der Waals surface area (Å²) in [4.78, 5) is 11.3. The Labute approximate surface area is 164 Å². The molecule has 0 heterocycles. The number of aliphatic carboxylic acids is 1. The smallest absolute Gasteiger partial charge is 0.306 e. The van der Waals surface area contributed by atoms with Crippen molar-refractivity contribution in [3.63, 3.8) is 0 Å². The second-order valence-electron chi connectivity index (χ2n) is 7.32. The van der Waals surface area contributed by atoms with Gasteiger partial charge in [0.25, 0.3) is 0 Å². The van der Waals surface area contributed by atoms with E-state index in [1.165, 1.54) is 12.1 Å². The van der Waals surface area contributed by atoms with Crippen LogP contribution in [0.15, 0.2) is 53.4 Å². The van der Waals surface area contributed by atoms with Gasteiger partial charge < -0.3 is 5.11 Å². The van der Waals surface area contributed by atoms with Crippen molar-refractivity contribution in [3.05, 3.63) is 65.5 Å². The highest BCUT2D eigenvalue weighted by Gasteiger charge is 2.27. The Morgan fingerprint density at radius 2 is 1.68 bits per heavy atom. The first-order valence-electron chi connectivity index (χ1n) is 9.40. The summed E-state index contributed by atoms with van der Waals surface area (Å²) in [6.45, 7) is 0.305. The average molecular weight is 405 g/mol. The van der Waals surface area contributed by atoms with Crippen molar-refractivity contribution in [2.75, 3.05) is 6.54 Å². The van der Waals surface area contributed by atoms with Gasteiger partial charge in [0.15, 0.2) is 0 Å². The van der Waals surface area contributed by atoms with Crippen LogP contribution in [0.5, 0.6) is 0 Å². The summed E-state index contributed by atoms with van der Waals surface area (Å²) in [7, 11) is -3.69. The monoisotopic (exact) mass is 405 g/mol. The molecule has 2 aromatic carbocycles. The largest absolute Gasteiger partial charge is 0.481 e. The molecule has 2 aromatic rings. The lowest BCUT2D eigenvalue weighted by atomic mass is 9.82. The number of carboxylic acid groups (broad SMARTS) is 1. The van der Waals surface area contributed by atoms with Crippen LogP contribution in [0.2, 0.25) is 0 Å². The van der Waals surface area contributed by atoms with Crippen LogP contribution in [-0.4, -0.2) is 26.0 Å². The third kappa shape index (κ3) is 5.17. The van der Waals surface area contributed by atoms with Gasteiger partial charge in [-0.2, -0.15) is 0 Å². The van der Waals surface area contributed by atoms with Gasteiger partial charge in [-0.05, 0) is 67.3 Å². The van der Waals surface area contributed by atoms with Crippen LogP contribution in [0, 0.1) is 17.7 Å². The fourth-order valence-electron chi connectivity index (χ4n) is 3.65. The van der Waals surface area contributed by atoms with Gasteiger partial charge in [0.2, 0.25) is 10.0 Å². The number of benzene rings is 2. The Kier molecular flexibility index (Phi) is 6.46. The number of sulfonamides is 1. The topological polar surface area (TPSA) is 83.5 Å². The number of hydrogen-bond donors (Lipinski definition) is 2. The lowest BCUT2D eigenvalue weighted by Gasteiger charge is -2.26. The highest BCUT2D eigenvalue weighted by Crippen LogP contribution is 2.29. The maximum absolute atomic E-state index is 13.1. The Morgan fingerprint density at radius 3 is 2.32 bits per heavy atom. The van der Waals surface area contributed by atoms with Crippen molar-refractivity contribution in [3.8, 4) is 0 Å². The van der Waals surface area contributed by atoms with Crippen LogP contribution >= 0.6 is 0 Å². The molecule has 0 spiro atoms. The summed E-state index contributed by atoms with van der Waals surface area (Å²) < 4.78 is 41.5. The molecule has 1 aliphatic rings. The van der Waals surface area contributed by atoms with Crippen molar-refractivity contribution in [2.45, 2.75) is 37.0 Å². The lowest BCUT2D eigenvalue weighted by Crippen LogP contribution is -2.33. The first kappa shape index (κ1) is 20.5. The molecule has 0 bridgehead atoms. The van der Waals surface area contributed by atoms with Gasteiger partial charge in [-0.25, -0.2) is 17.5 Å². The molecule has 2 N–H and O–H groups in total. The third-order valence-electron chi connectivity index (χ3n) is 5.33. The van der Waals surface area contributed by atoms with Crippen LogP contribution in [-0.2, 0) is 21.2 Å². The molecule has 0 radical (unpaired) electrons. The third-order valence-corrected chi connectivity index (χ3v) is 6.85. The van der Waals surface area contributed by atoms with Gasteiger partial charge in [0, 0.05) is 6.54 Å². The maximum Gasteiger partial charge on any atom is 0.306 e. The van der Waals surface area contributed by atoms with E-state index >= 15 is 0 Å². The zero-order chi connectivity index (χ0) is 20.1. The van der Waals surface area contributed by atoms with E-state index in [4.69, 9.17) is 5.11 Å². The van der Waals surface area contributed by atoms with Gasteiger partial charge in [-0.15, -0.1) is 0 Å². The van der Waals surface area contributed by atoms with Crippen molar-refractivity contribution in [2.24, 2.45) is 11.8 Å². The summed E-state index contributed by atoms with van der Waals surface area (Å²) in [5, 5.41) is 9.07. The molecule has 5 nitrogen and oxygen atoms in total. The summed E-state index contributed by atoms with van der Waals surface area (Å²) in [5.41, 5.74) is 1.48. The molecule has 0 saturated heterocycles. The minimum Gasteiger partial charge on any atom is -0.481 e. The average Bonchev–Trinajstić information content (AvgIpc) is 2.69. The number of hydrogen-bond acceptors (Lipinski definition) is 3. The number of rotatable bonds is 7. The van der Waals surface area contributed by atoms with Crippen LogP contribution in [0.25, 0.3) is 0 Å². The molecule has 3 rings (SSSR count). The van der Waals surface area contributed by atoms with Gasteiger partial charge in [0.1, 0.15) is 5.82 Å². The van der Waals surface area contributed by atoms with Crippen molar-refractivity contribution in [1.29, 1.82) is 0 Å². The summed E-state index contributed by atoms with van der Waals surface area (Å²) >= 11 is 0. The molecule has 150 valence electrons. The summed E-state index contributed by atoms with van der Waals surface area (Å²) in [6.07, 6.45) is 2.97. The zero-order valence-corrected chi connectivity index (χ0v) is 16.3. The SMILES string of the molecule is O=C(O)C1CCC(CNS(=O)(=O)c2ccccc2Cc2ccc(F)cc2)CC1. The quantitative estimate of drug-likeness (QED) is 0.737. The number of nitrogens with one attached hydrogen (secondary N) is 1. The minimum absolute atomic E-state index is 0.148. The molecule has 7 heteroatoms. The van der Waals surface area contributed by atoms with Crippen molar-refractivity contribution >= 4 is 16.0 Å². The van der Waals surface area contributed by atoms with Crippen LogP contribution in [0.3, 0.4) is 0 Å². The molecule has 0 amide bonds.